The maximum Gasteiger partial charge on any atom is 2.00 e. The molecule has 0 N–H and O–H groups in total. The molecular weight excluding hydrogens is 928 g/mol. The molecule has 0 radical (unpaired) electrons. The van der Waals surface area contributed by atoms with Crippen molar-refractivity contribution in [2.45, 2.75) is 85.4 Å². The van der Waals surface area contributed by atoms with E-state index in [4.69, 9.17) is 7.48 Å². The monoisotopic (exact) mass is 981 g/mol. The van der Waals surface area contributed by atoms with Crippen LogP contribution in [-0.2, 0) is 37.3 Å². The summed E-state index contributed by atoms with van der Waals surface area (Å²) in [6.07, 6.45) is 1.66. The standard InChI is InChI=1S/C55H52N4O.Pt/c1-36-26-27-56-51(28-36)59-48-22-12-11-20-46(48)47-25-24-44(34-50(47)59)60-43-19-14-18-41(33-43)57-35-58(42-31-39(54(5,6)7)30-40(32-42)55(8,9)10)52-45(21-15-23-49(52)57)37-16-13-17-38(29-37)53(2,3)4;/h11-32H,1-10H3;/q;+2/i1D2;. The number of aromatic nitrogens is 2. The van der Waals surface area contributed by atoms with Crippen LogP contribution in [0.2, 0.25) is 0 Å². The van der Waals surface area contributed by atoms with E-state index >= 15 is 0 Å². The Morgan fingerprint density at radius 1 is 0.639 bits per heavy atom. The zero-order chi connectivity index (χ0) is 43.7. The molecule has 0 saturated heterocycles. The fourth-order valence-corrected chi connectivity index (χ4v) is 7.99. The molecule has 6 aromatic carbocycles. The van der Waals surface area contributed by atoms with E-state index in [0.29, 0.717) is 22.9 Å². The van der Waals surface area contributed by atoms with Gasteiger partial charge in [0.25, 0.3) is 5.69 Å². The second kappa shape index (κ2) is 15.6. The smallest absolute Gasteiger partial charge is 0.509 e. The van der Waals surface area contributed by atoms with E-state index in [1.807, 2.05) is 47.0 Å². The molecule has 5 nitrogen and oxygen atoms in total. The third kappa shape index (κ3) is 7.94. The van der Waals surface area contributed by atoms with E-state index in [2.05, 4.69) is 167 Å². The molecule has 0 spiro atoms. The molecule has 1 aliphatic rings. The summed E-state index contributed by atoms with van der Waals surface area (Å²) in [7, 11) is 0. The summed E-state index contributed by atoms with van der Waals surface area (Å²) in [5.41, 5.74) is 12.1. The maximum atomic E-state index is 8.03. The van der Waals surface area contributed by atoms with Gasteiger partial charge in [-0.2, -0.15) is 12.1 Å². The first kappa shape index (κ1) is 39.3. The van der Waals surface area contributed by atoms with Gasteiger partial charge in [-0.3, -0.25) is 0 Å². The van der Waals surface area contributed by atoms with Gasteiger partial charge in [0.15, 0.2) is 0 Å². The van der Waals surface area contributed by atoms with Gasteiger partial charge >= 0.3 is 32.8 Å². The number of pyridine rings is 1. The van der Waals surface area contributed by atoms with Gasteiger partial charge in [-0.05, 0) is 85.2 Å². The van der Waals surface area contributed by atoms with E-state index in [9.17, 15) is 0 Å². The molecule has 0 atom stereocenters. The molecule has 0 fully saturated rings. The molecule has 3 heterocycles. The topological polar surface area (TPSA) is 33.1 Å². The van der Waals surface area contributed by atoms with Crippen LogP contribution in [0.5, 0.6) is 11.5 Å². The summed E-state index contributed by atoms with van der Waals surface area (Å²) in [5, 5.41) is 2.05. The number of para-hydroxylation sites is 2. The van der Waals surface area contributed by atoms with E-state index in [-0.39, 0.29) is 37.3 Å². The number of benzene rings is 6. The fraction of sp³-hybridized carbons (Fsp3) is 0.236. The predicted octanol–water partition coefficient (Wildman–Crippen LogP) is 14.3. The maximum absolute atomic E-state index is 8.03. The van der Waals surface area contributed by atoms with Crippen LogP contribution < -0.4 is 13.9 Å². The summed E-state index contributed by atoms with van der Waals surface area (Å²) < 4.78 is 29.0. The molecule has 1 aliphatic heterocycles. The predicted molar refractivity (Wildman–Crippen MR) is 250 cm³/mol. The Bertz CT molecular complexity index is 3100. The van der Waals surface area contributed by atoms with Gasteiger partial charge in [-0.15, -0.1) is 23.6 Å². The second-order valence-electron chi connectivity index (χ2n) is 18.9. The Balaban J connectivity index is 0.00000544. The summed E-state index contributed by atoms with van der Waals surface area (Å²) in [6.45, 7) is 19.3. The SMILES string of the molecule is [2H]C([2H])c1ccnc(-n2c3[c-]c(Oc4[c-]c([N+]5=C=[N+](c6cc(C(C)(C)C)cc(C(C)(C)C)c6)c6c(-c7cccc(C(C)(C)C)c7)cccc65)ccc4)ccc3c3ccccc32)c1.[Pt+2]. The first-order valence-electron chi connectivity index (χ1n) is 21.8. The minimum absolute atomic E-state index is 0. The Kier molecular flexibility index (Phi) is 10.0. The van der Waals surface area contributed by atoms with Crippen molar-refractivity contribution in [2.75, 3.05) is 0 Å². The Labute approximate surface area is 377 Å². The van der Waals surface area contributed by atoms with Crippen molar-refractivity contribution in [3.63, 3.8) is 0 Å². The first-order valence-corrected chi connectivity index (χ1v) is 20.7. The van der Waals surface area contributed by atoms with E-state index in [0.717, 1.165) is 55.7 Å². The van der Waals surface area contributed by atoms with Crippen molar-refractivity contribution in [1.82, 2.24) is 18.7 Å². The van der Waals surface area contributed by atoms with Gasteiger partial charge in [0.1, 0.15) is 11.5 Å². The molecule has 6 heteroatoms. The van der Waals surface area contributed by atoms with Crippen molar-refractivity contribution in [2.24, 2.45) is 0 Å². The van der Waals surface area contributed by atoms with Gasteiger partial charge in [-0.25, -0.2) is 4.98 Å². The normalized spacial score (nSPS) is 13.4. The molecule has 0 aliphatic carbocycles. The molecule has 8 aromatic rings. The number of hydrogen-bond donors (Lipinski definition) is 0. The number of ether oxygens (including phenoxy) is 1. The molecule has 9 rings (SSSR count). The largest absolute Gasteiger partial charge is 2.00 e. The zero-order valence-corrected chi connectivity index (χ0v) is 38.6. The van der Waals surface area contributed by atoms with Crippen molar-refractivity contribution in [3.05, 3.63) is 168 Å². The average Bonchev–Trinajstić information content (AvgIpc) is 3.79. The zero-order valence-electron chi connectivity index (χ0n) is 38.3. The number of rotatable bonds is 6. The van der Waals surface area contributed by atoms with E-state index in [1.165, 1.54) is 16.7 Å². The summed E-state index contributed by atoms with van der Waals surface area (Å²) in [5.74, 6) is 1.68. The van der Waals surface area contributed by atoms with Gasteiger partial charge in [0.2, 0.25) is 5.69 Å². The fourth-order valence-electron chi connectivity index (χ4n) is 7.99. The Morgan fingerprint density at radius 2 is 1.34 bits per heavy atom. The average molecular weight is 982 g/mol. The summed E-state index contributed by atoms with van der Waals surface area (Å²) >= 11 is 0. The van der Waals surface area contributed by atoms with Crippen molar-refractivity contribution in [1.29, 1.82) is 0 Å². The quantitative estimate of drug-likeness (QED) is 0.123. The Hall–Kier alpha value is -5.86. The van der Waals surface area contributed by atoms with Crippen LogP contribution in [0.25, 0.3) is 38.8 Å². The molecule has 0 bridgehead atoms. The van der Waals surface area contributed by atoms with Crippen LogP contribution in [0.1, 0.15) is 87.3 Å². The minimum atomic E-state index is -1.12. The van der Waals surface area contributed by atoms with Crippen molar-refractivity contribution < 1.29 is 28.5 Å². The molecule has 0 unspecified atom stereocenters. The molecule has 2 aromatic heterocycles. The first-order chi connectivity index (χ1) is 29.4. The minimum Gasteiger partial charge on any atom is -0.509 e. The van der Waals surface area contributed by atoms with Gasteiger partial charge in [0, 0.05) is 44.2 Å². The van der Waals surface area contributed by atoms with Gasteiger partial charge in [0.05, 0.1) is 5.56 Å². The van der Waals surface area contributed by atoms with E-state index in [1.54, 1.807) is 18.3 Å². The number of nitrogens with zero attached hydrogens (tertiary/aromatic N) is 4. The van der Waals surface area contributed by atoms with Crippen LogP contribution in [0.3, 0.4) is 0 Å². The van der Waals surface area contributed by atoms with Gasteiger partial charge < -0.3 is 9.30 Å². The molecular formula is C55H52N4OPt+2. The summed E-state index contributed by atoms with van der Waals surface area (Å²) in [6, 6.07) is 54.9. The summed E-state index contributed by atoms with van der Waals surface area (Å²) in [4.78, 5) is 4.67. The second-order valence-corrected chi connectivity index (χ2v) is 18.9. The molecule has 306 valence electrons. The third-order valence-corrected chi connectivity index (χ3v) is 11.4. The van der Waals surface area contributed by atoms with Crippen LogP contribution in [0.4, 0.5) is 22.7 Å². The van der Waals surface area contributed by atoms with Crippen LogP contribution in [-0.4, -0.2) is 15.6 Å². The number of fused-ring (bicyclic) bond motifs is 4. The number of aryl methyl sites for hydroxylation is 1. The van der Waals surface area contributed by atoms with Crippen LogP contribution in [0.15, 0.2) is 134 Å². The Morgan fingerprint density at radius 3 is 2.08 bits per heavy atom. The van der Waals surface area contributed by atoms with Crippen LogP contribution in [0, 0.1) is 19.0 Å². The molecule has 61 heavy (non-hydrogen) atoms. The molecule has 0 saturated carbocycles. The van der Waals surface area contributed by atoms with Crippen LogP contribution >= 0.6 is 0 Å². The van der Waals surface area contributed by atoms with E-state index < -0.39 is 6.88 Å². The number of hydrogen-bond acceptors (Lipinski definition) is 2. The van der Waals surface area contributed by atoms with Crippen molar-refractivity contribution in [3.8, 4) is 28.4 Å². The van der Waals surface area contributed by atoms with Gasteiger partial charge in [-0.1, -0.05) is 139 Å². The van der Waals surface area contributed by atoms with Crippen molar-refractivity contribution >= 4 is 50.6 Å². The molecule has 0 amide bonds. The third-order valence-electron chi connectivity index (χ3n) is 11.4.